The summed E-state index contributed by atoms with van der Waals surface area (Å²) in [7, 11) is -3.19. The summed E-state index contributed by atoms with van der Waals surface area (Å²) in [6.07, 6.45) is 21.2. The first-order valence-electron chi connectivity index (χ1n) is 51.2. The first kappa shape index (κ1) is 115. The molecule has 1 aliphatic heterocycles. The van der Waals surface area contributed by atoms with Crippen LogP contribution in [-0.4, -0.2) is 45.1 Å². The van der Waals surface area contributed by atoms with Crippen molar-refractivity contribution in [1.82, 2.24) is 24.1 Å². The van der Waals surface area contributed by atoms with Gasteiger partial charge < -0.3 is 4.57 Å². The summed E-state index contributed by atoms with van der Waals surface area (Å²) in [5, 5.41) is 11.0. The first-order valence-corrected chi connectivity index (χ1v) is 52.6. The molecule has 0 atom stereocenters. The number of allylic oxidation sites excluding steroid dienone is 14. The molecular formula is C124H183N5O3S. The molecule has 5 aliphatic carbocycles. The molecule has 0 radical (unpaired) electrons. The molecule has 728 valence electrons. The lowest BCUT2D eigenvalue weighted by atomic mass is 9.91. The van der Waals surface area contributed by atoms with Gasteiger partial charge in [0.05, 0.1) is 16.3 Å². The smallest absolute Gasteiger partial charge is 0.251 e. The summed E-state index contributed by atoms with van der Waals surface area (Å²) in [5.41, 5.74) is 32.6. The molecular weight excluding hydrogens is 1640 g/mol. The van der Waals surface area contributed by atoms with Crippen molar-refractivity contribution in [2.24, 2.45) is 29.6 Å². The summed E-state index contributed by atoms with van der Waals surface area (Å²) in [6.45, 7) is 88.2. The van der Waals surface area contributed by atoms with Crippen molar-refractivity contribution in [3.05, 3.63) is 332 Å². The summed E-state index contributed by atoms with van der Waals surface area (Å²) >= 11 is 0. The van der Waals surface area contributed by atoms with Gasteiger partial charge in [0.2, 0.25) is 10.0 Å². The Balaban J connectivity index is 0.000000262. The van der Waals surface area contributed by atoms with Gasteiger partial charge in [-0.1, -0.05) is 428 Å². The Labute approximate surface area is 814 Å². The van der Waals surface area contributed by atoms with Crippen LogP contribution >= 0.6 is 0 Å². The summed E-state index contributed by atoms with van der Waals surface area (Å²) in [6, 6.07) is 52.6. The molecule has 9 heteroatoms. The normalized spacial score (nSPS) is 14.8. The number of nitrogens with zero attached hydrogens (tertiary/aromatic N) is 5. The second-order valence-electron chi connectivity index (χ2n) is 44.0. The fourth-order valence-electron chi connectivity index (χ4n) is 16.2. The quantitative estimate of drug-likeness (QED) is 0.0754. The standard InChI is InChI=1S/C16H20.2C14H20.C12H19NO2S.3C12H18.C11H17NO.C11H17N.C10H16N2/c1-11(2)13-5-7-16-10-14(12(3)4)6-8-15(16)9-13;2*1-9(2)11-5-13-7-12(10(3)4)8-14(13)6-11;1-8(2)10-5-11-7-13(9(3)4)16(14,15)12(11)6-10;1-9(2)11-5-7-12(8-6-11)10(3)4;1-9(2)11-6-5-7-12(8-11)10(3)4;1-9(2)11-7-5-6-8-12(11)10(3)4;1-8(2)10-5-6-12(9(3)4)11(13)7-10;1-8(2)10-5-6-11(9(3)4)12-7-10;1-7(2)9-5-6-10(8(3)4)12-11-9/h5-12H,1-4H3;2*5,7,9-10H,6,8H2,1-4H3;6,8-9H,5,7H2,1-4H3;3*5-10H,1-4H3;5-9H,1-4H3;5-9H,1-4H3;5-8H,1-4H3. The molecule has 6 aliphatic rings. The lowest BCUT2D eigenvalue weighted by Gasteiger charge is -2.21. The van der Waals surface area contributed by atoms with E-state index in [1.165, 1.54) is 109 Å². The van der Waals surface area contributed by atoms with E-state index in [0.717, 1.165) is 52.6 Å². The second kappa shape index (κ2) is 54.3. The largest absolute Gasteiger partial charge is 0.313 e. The van der Waals surface area contributed by atoms with Gasteiger partial charge in [-0.25, -0.2) is 8.42 Å². The van der Waals surface area contributed by atoms with Crippen LogP contribution < -0.4 is 5.56 Å². The van der Waals surface area contributed by atoms with Crippen LogP contribution in [0.1, 0.15) is 465 Å². The average Bonchev–Trinajstić information content (AvgIpc) is 1.59. The van der Waals surface area contributed by atoms with Gasteiger partial charge in [-0.2, -0.15) is 14.5 Å². The first-order chi connectivity index (χ1) is 62.1. The Morgan fingerprint density at radius 3 is 0.850 bits per heavy atom. The van der Waals surface area contributed by atoms with E-state index in [1.807, 2.05) is 52.2 Å². The predicted molar refractivity (Wildman–Crippen MR) is 583 cm³/mol. The Hall–Kier alpha value is -8.63. The number of pyridine rings is 2. The molecule has 5 aromatic carbocycles. The molecule has 0 saturated heterocycles. The Bertz CT molecular complexity index is 4940. The van der Waals surface area contributed by atoms with Crippen molar-refractivity contribution in [1.29, 1.82) is 0 Å². The minimum atomic E-state index is -3.19. The summed E-state index contributed by atoms with van der Waals surface area (Å²) < 4.78 is 27.7. The maximum Gasteiger partial charge on any atom is 0.251 e. The minimum absolute atomic E-state index is 0.0477. The van der Waals surface area contributed by atoms with Crippen molar-refractivity contribution in [2.75, 3.05) is 6.54 Å². The molecule has 0 spiro atoms. The lowest BCUT2D eigenvalue weighted by molar-refractivity contribution is 0.388. The molecule has 8 aromatic rings. The third-order valence-corrected chi connectivity index (χ3v) is 28.4. The summed E-state index contributed by atoms with van der Waals surface area (Å²) in [5.74, 6) is 10.9. The number of hydrogen-bond donors (Lipinski definition) is 0. The van der Waals surface area contributed by atoms with Crippen molar-refractivity contribution < 1.29 is 8.42 Å². The molecule has 0 bridgehead atoms. The van der Waals surface area contributed by atoms with Gasteiger partial charge in [-0.3, -0.25) is 9.78 Å². The van der Waals surface area contributed by atoms with Gasteiger partial charge in [0, 0.05) is 42.8 Å². The van der Waals surface area contributed by atoms with Crippen LogP contribution in [0.4, 0.5) is 0 Å². The highest BCUT2D eigenvalue weighted by atomic mass is 32.2. The maximum absolute atomic E-state index is 12.2. The van der Waals surface area contributed by atoms with E-state index in [-0.39, 0.29) is 17.6 Å². The van der Waals surface area contributed by atoms with Crippen molar-refractivity contribution in [3.8, 4) is 0 Å². The Morgan fingerprint density at radius 2 is 0.579 bits per heavy atom. The van der Waals surface area contributed by atoms with Crippen LogP contribution in [0.5, 0.6) is 0 Å². The van der Waals surface area contributed by atoms with Crippen molar-refractivity contribution in [2.45, 2.75) is 398 Å². The van der Waals surface area contributed by atoms with E-state index >= 15 is 0 Å². The highest BCUT2D eigenvalue weighted by molar-refractivity contribution is 7.93. The zero-order chi connectivity index (χ0) is 100. The SMILES string of the molecule is CC(C)C1=CC2=C(C1)CC(C(C)C)=C2.CC(C)C1=CC2=C(C1)CC(C(C)C)=C2.CC(C)C1=CC2=C(C1)CN(C(C)C)S2(=O)=O.CC(C)c1ccc(C(C)C)cc1.CC(C)c1ccc(C(C)C)nc1.CC(C)c1ccc(C(C)C)nn1.CC(C)c1ccc2cc(C(C)C)ccc2c1.CC(C)c1cccc(C(C)C)c1.CC(C)c1ccccc1C(C)C.CC(C)c1ccn(C(C)C)c(=O)c1. The number of benzene rings is 5. The highest BCUT2D eigenvalue weighted by Gasteiger charge is 2.40. The molecule has 3 aromatic heterocycles. The van der Waals surface area contributed by atoms with E-state index in [1.54, 1.807) is 48.4 Å². The molecule has 0 unspecified atom stereocenters. The highest BCUT2D eigenvalue weighted by Crippen LogP contribution is 2.44. The van der Waals surface area contributed by atoms with Gasteiger partial charge in [0.1, 0.15) is 0 Å². The number of rotatable bonds is 20. The number of sulfonamides is 1. The molecule has 133 heavy (non-hydrogen) atoms. The maximum atomic E-state index is 12.2. The van der Waals surface area contributed by atoms with Gasteiger partial charge in [-0.15, -0.1) is 0 Å². The average molecular weight is 1820 g/mol. The third-order valence-electron chi connectivity index (χ3n) is 26.3. The van der Waals surface area contributed by atoms with E-state index < -0.39 is 10.0 Å². The van der Waals surface area contributed by atoms with Crippen LogP contribution in [0, 0.1) is 29.6 Å². The lowest BCUT2D eigenvalue weighted by Crippen LogP contribution is -2.33. The Morgan fingerprint density at radius 1 is 0.271 bits per heavy atom. The van der Waals surface area contributed by atoms with E-state index in [0.29, 0.717) is 94.3 Å². The second-order valence-corrected chi connectivity index (χ2v) is 45.9. The number of fused-ring (bicyclic) bond motifs is 1. The summed E-state index contributed by atoms with van der Waals surface area (Å²) in [4.78, 5) is 16.5. The monoisotopic (exact) mass is 1820 g/mol. The van der Waals surface area contributed by atoms with E-state index in [4.69, 9.17) is 0 Å². The molecule has 4 heterocycles. The Kier molecular flexibility index (Phi) is 46.9. The van der Waals surface area contributed by atoms with Crippen LogP contribution in [0.25, 0.3) is 10.8 Å². The van der Waals surface area contributed by atoms with E-state index in [2.05, 4.69) is 422 Å². The van der Waals surface area contributed by atoms with E-state index in [9.17, 15) is 13.2 Å². The molecule has 0 N–H and O–H groups in total. The molecule has 0 saturated carbocycles. The molecule has 14 rings (SSSR count). The predicted octanol–water partition coefficient (Wildman–Crippen LogP) is 36.3. The van der Waals surface area contributed by atoms with Gasteiger partial charge in [0.25, 0.3) is 5.56 Å². The molecule has 0 amide bonds. The fourth-order valence-corrected chi connectivity index (χ4v) is 18.2. The van der Waals surface area contributed by atoms with Crippen molar-refractivity contribution in [3.63, 3.8) is 0 Å². The molecule has 0 fully saturated rings. The number of hydrogen-bond acceptors (Lipinski definition) is 6. The third kappa shape index (κ3) is 35.8. The van der Waals surface area contributed by atoms with Crippen LogP contribution in [0.15, 0.2) is 254 Å². The minimum Gasteiger partial charge on any atom is -0.313 e. The van der Waals surface area contributed by atoms with Crippen LogP contribution in [0.2, 0.25) is 0 Å². The number of aromatic nitrogens is 4. The zero-order valence-electron chi connectivity index (χ0n) is 91.1. The van der Waals surface area contributed by atoms with Gasteiger partial charge >= 0.3 is 0 Å². The zero-order valence-corrected chi connectivity index (χ0v) is 91.9. The fraction of sp³-hybridized carbons (Fsp3) is 0.532. The topological polar surface area (TPSA) is 98.1 Å². The van der Waals surface area contributed by atoms with Gasteiger partial charge in [-0.05, 0) is 280 Å². The molecule has 8 nitrogen and oxygen atoms in total. The van der Waals surface area contributed by atoms with Crippen LogP contribution in [-0.2, 0) is 10.0 Å². The van der Waals surface area contributed by atoms with Gasteiger partial charge in [0.15, 0.2) is 0 Å². The van der Waals surface area contributed by atoms with Crippen molar-refractivity contribution >= 4 is 20.8 Å². The van der Waals surface area contributed by atoms with Crippen LogP contribution in [0.3, 0.4) is 0 Å².